The zero-order chi connectivity index (χ0) is 12.2. The maximum Gasteiger partial charge on any atom is 0.416 e. The Labute approximate surface area is 92.5 Å². The van der Waals surface area contributed by atoms with Crippen LogP contribution in [-0.4, -0.2) is 6.04 Å². The van der Waals surface area contributed by atoms with Gasteiger partial charge in [0.1, 0.15) is 0 Å². The first-order valence-electron chi connectivity index (χ1n) is 4.88. The van der Waals surface area contributed by atoms with Crippen LogP contribution in [0.1, 0.15) is 24.5 Å². The highest BCUT2D eigenvalue weighted by Gasteiger charge is 2.29. The molecule has 0 radical (unpaired) electrons. The average Bonchev–Trinajstić information content (AvgIpc) is 2.25. The summed E-state index contributed by atoms with van der Waals surface area (Å²) in [4.78, 5) is 0. The van der Waals surface area contributed by atoms with Gasteiger partial charge in [-0.1, -0.05) is 18.8 Å². The number of hydrogen-bond donors (Lipinski definition) is 1. The van der Waals surface area contributed by atoms with Gasteiger partial charge in [0.25, 0.3) is 0 Å². The summed E-state index contributed by atoms with van der Waals surface area (Å²) < 4.78 is 36.7. The number of rotatable bonds is 1. The highest BCUT2D eigenvalue weighted by atomic mass is 19.4. The van der Waals surface area contributed by atoms with Crippen LogP contribution in [0.3, 0.4) is 0 Å². The molecule has 0 aliphatic carbocycles. The van der Waals surface area contributed by atoms with Gasteiger partial charge < -0.3 is 5.73 Å². The minimum atomic E-state index is -4.30. The molecule has 0 aliphatic rings. The minimum Gasteiger partial charge on any atom is -0.318 e. The van der Waals surface area contributed by atoms with E-state index in [0.29, 0.717) is 12.0 Å². The van der Waals surface area contributed by atoms with Gasteiger partial charge in [-0.3, -0.25) is 0 Å². The van der Waals surface area contributed by atoms with E-state index in [1.165, 1.54) is 12.1 Å². The molecule has 1 atom stereocenters. The Morgan fingerprint density at radius 2 is 1.81 bits per heavy atom. The van der Waals surface area contributed by atoms with Crippen molar-refractivity contribution in [2.45, 2.75) is 25.6 Å². The molecular formula is C12H12F3N. The highest BCUT2D eigenvalue weighted by Crippen LogP contribution is 2.28. The molecule has 0 aromatic heterocycles. The number of nitrogens with two attached hydrogens (primary N) is 1. The van der Waals surface area contributed by atoms with E-state index >= 15 is 0 Å². The molecule has 0 amide bonds. The van der Waals surface area contributed by atoms with E-state index < -0.39 is 11.7 Å². The molecule has 0 spiro atoms. The van der Waals surface area contributed by atoms with Crippen molar-refractivity contribution in [1.82, 2.24) is 0 Å². The van der Waals surface area contributed by atoms with Gasteiger partial charge in [-0.05, 0) is 30.7 Å². The first kappa shape index (κ1) is 12.6. The van der Waals surface area contributed by atoms with E-state index in [9.17, 15) is 13.2 Å². The Morgan fingerprint density at radius 3 is 2.25 bits per heavy atom. The second-order valence-corrected chi connectivity index (χ2v) is 3.36. The van der Waals surface area contributed by atoms with E-state index in [0.717, 1.165) is 12.1 Å². The zero-order valence-electron chi connectivity index (χ0n) is 8.81. The van der Waals surface area contributed by atoms with E-state index in [1.807, 2.05) is 6.92 Å². The van der Waals surface area contributed by atoms with Crippen LogP contribution in [0.5, 0.6) is 0 Å². The molecule has 1 aromatic rings. The van der Waals surface area contributed by atoms with Gasteiger partial charge in [-0.15, -0.1) is 0 Å². The Balaban J connectivity index is 2.83. The predicted molar refractivity (Wildman–Crippen MR) is 56.6 cm³/mol. The molecule has 1 aromatic carbocycles. The van der Waals surface area contributed by atoms with E-state index in [-0.39, 0.29) is 6.04 Å². The lowest BCUT2D eigenvalue weighted by molar-refractivity contribution is -0.137. The molecule has 0 aliphatic heterocycles. The Hall–Kier alpha value is -1.47. The lowest BCUT2D eigenvalue weighted by Crippen LogP contribution is -2.15. The number of alkyl halides is 3. The van der Waals surface area contributed by atoms with Crippen LogP contribution < -0.4 is 5.73 Å². The molecule has 0 heterocycles. The van der Waals surface area contributed by atoms with Crippen molar-refractivity contribution in [3.05, 3.63) is 35.4 Å². The van der Waals surface area contributed by atoms with Crippen molar-refractivity contribution in [1.29, 1.82) is 0 Å². The quantitative estimate of drug-likeness (QED) is 0.733. The average molecular weight is 227 g/mol. The second kappa shape index (κ2) is 5.04. The summed E-state index contributed by atoms with van der Waals surface area (Å²) in [6.07, 6.45) is -3.58. The first-order chi connectivity index (χ1) is 7.43. The van der Waals surface area contributed by atoms with Gasteiger partial charge in [0.15, 0.2) is 0 Å². The molecule has 16 heavy (non-hydrogen) atoms. The summed E-state index contributed by atoms with van der Waals surface area (Å²) in [5, 5.41) is 0. The van der Waals surface area contributed by atoms with Crippen LogP contribution in [-0.2, 0) is 6.18 Å². The third-order valence-corrected chi connectivity index (χ3v) is 2.05. The Morgan fingerprint density at radius 1 is 1.25 bits per heavy atom. The van der Waals surface area contributed by atoms with Gasteiger partial charge in [-0.25, -0.2) is 0 Å². The van der Waals surface area contributed by atoms with Gasteiger partial charge in [0.05, 0.1) is 11.6 Å². The smallest absolute Gasteiger partial charge is 0.318 e. The fourth-order valence-electron chi connectivity index (χ4n) is 1.02. The molecule has 0 bridgehead atoms. The standard InChI is InChI=1S/C12H12F3N/c1-2-11(16)8-5-9-3-6-10(7-4-9)12(13,14)15/h3-4,6-7,11H,2,16H2,1H3. The number of halogens is 3. The highest BCUT2D eigenvalue weighted by molar-refractivity contribution is 5.37. The summed E-state index contributed by atoms with van der Waals surface area (Å²) in [5.41, 5.74) is 5.44. The van der Waals surface area contributed by atoms with E-state index in [4.69, 9.17) is 5.73 Å². The van der Waals surface area contributed by atoms with Gasteiger partial charge >= 0.3 is 6.18 Å². The molecule has 0 saturated carbocycles. The van der Waals surface area contributed by atoms with Gasteiger partial charge in [-0.2, -0.15) is 13.2 Å². The summed E-state index contributed by atoms with van der Waals surface area (Å²) in [6, 6.07) is 4.49. The van der Waals surface area contributed by atoms with Crippen LogP contribution in [0, 0.1) is 11.8 Å². The molecular weight excluding hydrogens is 215 g/mol. The maximum atomic E-state index is 12.2. The summed E-state index contributed by atoms with van der Waals surface area (Å²) in [7, 11) is 0. The fraction of sp³-hybridized carbons (Fsp3) is 0.333. The third kappa shape index (κ3) is 3.59. The van der Waals surface area contributed by atoms with Gasteiger partial charge in [0.2, 0.25) is 0 Å². The molecule has 4 heteroatoms. The predicted octanol–water partition coefficient (Wildman–Crippen LogP) is 2.79. The Kier molecular flexibility index (Phi) is 3.97. The summed E-state index contributed by atoms with van der Waals surface area (Å²) in [6.45, 7) is 1.89. The maximum absolute atomic E-state index is 12.2. The molecule has 0 saturated heterocycles. The van der Waals surface area contributed by atoms with Crippen molar-refractivity contribution < 1.29 is 13.2 Å². The first-order valence-corrected chi connectivity index (χ1v) is 4.88. The topological polar surface area (TPSA) is 26.0 Å². The lowest BCUT2D eigenvalue weighted by atomic mass is 10.1. The minimum absolute atomic E-state index is 0.234. The van der Waals surface area contributed by atoms with E-state index in [1.54, 1.807) is 0 Å². The normalized spacial score (nSPS) is 12.8. The monoisotopic (exact) mass is 227 g/mol. The zero-order valence-corrected chi connectivity index (χ0v) is 8.81. The van der Waals surface area contributed by atoms with Crippen molar-refractivity contribution in [2.75, 3.05) is 0 Å². The van der Waals surface area contributed by atoms with Crippen LogP contribution >= 0.6 is 0 Å². The van der Waals surface area contributed by atoms with Crippen molar-refractivity contribution >= 4 is 0 Å². The number of benzene rings is 1. The van der Waals surface area contributed by atoms with Crippen LogP contribution in [0.2, 0.25) is 0 Å². The number of hydrogen-bond acceptors (Lipinski definition) is 1. The fourth-order valence-corrected chi connectivity index (χ4v) is 1.02. The second-order valence-electron chi connectivity index (χ2n) is 3.36. The molecule has 1 nitrogen and oxygen atoms in total. The third-order valence-electron chi connectivity index (χ3n) is 2.05. The largest absolute Gasteiger partial charge is 0.416 e. The van der Waals surface area contributed by atoms with E-state index in [2.05, 4.69) is 11.8 Å². The SMILES string of the molecule is CCC(N)C#Cc1ccc(C(F)(F)F)cc1. The van der Waals surface area contributed by atoms with Gasteiger partial charge in [0, 0.05) is 5.56 Å². The molecule has 2 N–H and O–H groups in total. The van der Waals surface area contributed by atoms with Crippen LogP contribution in [0.25, 0.3) is 0 Å². The van der Waals surface area contributed by atoms with Crippen molar-refractivity contribution in [3.63, 3.8) is 0 Å². The lowest BCUT2D eigenvalue weighted by Gasteiger charge is -2.05. The molecule has 0 fully saturated rings. The van der Waals surface area contributed by atoms with Crippen molar-refractivity contribution in [2.24, 2.45) is 5.73 Å². The molecule has 86 valence electrons. The molecule has 1 rings (SSSR count). The summed E-state index contributed by atoms with van der Waals surface area (Å²) in [5.74, 6) is 5.48. The molecule has 1 unspecified atom stereocenters. The van der Waals surface area contributed by atoms with Crippen LogP contribution in [0.15, 0.2) is 24.3 Å². The van der Waals surface area contributed by atoms with Crippen LogP contribution in [0.4, 0.5) is 13.2 Å². The summed E-state index contributed by atoms with van der Waals surface area (Å²) >= 11 is 0. The van der Waals surface area contributed by atoms with Crippen molar-refractivity contribution in [3.8, 4) is 11.8 Å². The Bertz CT molecular complexity index is 395.